The second kappa shape index (κ2) is 5.06. The van der Waals surface area contributed by atoms with Gasteiger partial charge >= 0.3 is 0 Å². The van der Waals surface area contributed by atoms with E-state index in [2.05, 4.69) is 31.4 Å². The van der Waals surface area contributed by atoms with Crippen molar-refractivity contribution < 1.29 is 4.79 Å². The number of amides is 1. The van der Waals surface area contributed by atoms with Gasteiger partial charge in [-0.15, -0.1) is 0 Å². The normalized spacial score (nSPS) is 10.9. The fourth-order valence-corrected chi connectivity index (χ4v) is 1.32. The highest BCUT2D eigenvalue weighted by Crippen LogP contribution is 2.17. The van der Waals surface area contributed by atoms with E-state index in [0.29, 0.717) is 6.32 Å². The third kappa shape index (κ3) is 4.38. The quantitative estimate of drug-likeness (QED) is 0.760. The number of nitrogens with one attached hydrogen (secondary N) is 2. The lowest BCUT2D eigenvalue weighted by Crippen LogP contribution is -2.25. The molecule has 0 radical (unpaired) electrons. The van der Waals surface area contributed by atoms with Crippen LogP contribution in [-0.4, -0.2) is 19.3 Å². The molecule has 1 aromatic rings. The molecule has 0 bridgehead atoms. The van der Waals surface area contributed by atoms with E-state index in [9.17, 15) is 4.79 Å². The molecular weight excluding hydrogens is 199 g/mol. The predicted octanol–water partition coefficient (Wildman–Crippen LogP) is 1.89. The summed E-state index contributed by atoms with van der Waals surface area (Å²) in [6.45, 7) is 6.33. The molecule has 0 aliphatic heterocycles. The molecule has 0 unspecified atom stereocenters. The summed E-state index contributed by atoms with van der Waals surface area (Å²) in [4.78, 5) is 11.2. The monoisotopic (exact) mass is 218 g/mol. The number of hydrogen-bond acceptors (Lipinski definition) is 2. The molecule has 0 fully saturated rings. The van der Waals surface area contributed by atoms with Gasteiger partial charge in [0.05, 0.1) is 0 Å². The Kier molecular flexibility index (Phi) is 3.99. The van der Waals surface area contributed by atoms with Gasteiger partial charge in [-0.3, -0.25) is 4.79 Å². The van der Waals surface area contributed by atoms with Gasteiger partial charge in [0.15, 0.2) is 0 Å². The van der Waals surface area contributed by atoms with Gasteiger partial charge in [-0.1, -0.05) is 0 Å². The molecule has 16 heavy (non-hydrogen) atoms. The summed E-state index contributed by atoms with van der Waals surface area (Å²) < 4.78 is 0. The molecule has 0 heterocycles. The summed E-state index contributed by atoms with van der Waals surface area (Å²) in [6, 6.07) is 7.75. The molecule has 0 aliphatic rings. The van der Waals surface area contributed by atoms with E-state index in [1.165, 1.54) is 0 Å². The van der Waals surface area contributed by atoms with E-state index in [1.807, 2.05) is 32.1 Å². The van der Waals surface area contributed by atoms with Crippen molar-refractivity contribution in [3.8, 4) is 0 Å². The molecule has 0 atom stereocenters. The van der Waals surface area contributed by atoms with Crippen LogP contribution in [0.15, 0.2) is 24.3 Å². The second-order valence-corrected chi connectivity index (χ2v) is 4.85. The highest BCUT2D eigenvalue weighted by Gasteiger charge is 2.08. The molecule has 0 saturated carbocycles. The zero-order valence-electron chi connectivity index (χ0n) is 10.4. The van der Waals surface area contributed by atoms with Crippen molar-refractivity contribution in [2.75, 3.05) is 10.6 Å². The van der Waals surface area contributed by atoms with E-state index in [1.54, 1.807) is 0 Å². The number of anilines is 2. The van der Waals surface area contributed by atoms with Crippen LogP contribution in [0.3, 0.4) is 0 Å². The Morgan fingerprint density at radius 3 is 2.12 bits per heavy atom. The Balaban J connectivity index is 2.64. The molecule has 3 nitrogen and oxygen atoms in total. The minimum absolute atomic E-state index is 0.0385. The Morgan fingerprint density at radius 2 is 1.69 bits per heavy atom. The van der Waals surface area contributed by atoms with Crippen molar-refractivity contribution in [3.05, 3.63) is 24.3 Å². The summed E-state index contributed by atoms with van der Waals surface area (Å²) >= 11 is 0. The van der Waals surface area contributed by atoms with Crippen LogP contribution in [0.1, 0.15) is 20.8 Å². The third-order valence-corrected chi connectivity index (χ3v) is 2.01. The van der Waals surface area contributed by atoms with Gasteiger partial charge in [0, 0.05) is 16.9 Å². The van der Waals surface area contributed by atoms with Gasteiger partial charge in [0.2, 0.25) is 5.91 Å². The van der Waals surface area contributed by atoms with Crippen molar-refractivity contribution >= 4 is 25.1 Å². The molecule has 1 aromatic carbocycles. The minimum Gasteiger partial charge on any atom is -0.380 e. The fraction of sp³-hybridized carbons (Fsp3) is 0.417. The maximum atomic E-state index is 11.2. The number of carbonyl (C=O) groups excluding carboxylic acids is 1. The van der Waals surface area contributed by atoms with Crippen LogP contribution in [0.4, 0.5) is 11.4 Å². The van der Waals surface area contributed by atoms with Crippen molar-refractivity contribution in [2.24, 2.45) is 0 Å². The highest BCUT2D eigenvalue weighted by atomic mass is 16.1. The topological polar surface area (TPSA) is 41.1 Å². The molecule has 4 heteroatoms. The SMILES string of the molecule is BCC(=O)Nc1ccc(NC(C)(C)C)cc1. The van der Waals surface area contributed by atoms with E-state index < -0.39 is 0 Å². The summed E-state index contributed by atoms with van der Waals surface area (Å²) in [6.07, 6.45) is 0.502. The van der Waals surface area contributed by atoms with Crippen LogP contribution in [0.2, 0.25) is 6.32 Å². The van der Waals surface area contributed by atoms with Crippen LogP contribution in [0, 0.1) is 0 Å². The molecular formula is C12H19BN2O. The highest BCUT2D eigenvalue weighted by molar-refractivity contribution is 6.22. The van der Waals surface area contributed by atoms with E-state index in [4.69, 9.17) is 0 Å². The van der Waals surface area contributed by atoms with Crippen molar-refractivity contribution in [2.45, 2.75) is 32.6 Å². The number of hydrogen-bond donors (Lipinski definition) is 2. The number of benzene rings is 1. The first-order valence-electron chi connectivity index (χ1n) is 5.59. The summed E-state index contributed by atoms with van der Waals surface area (Å²) in [7, 11) is 1.84. The van der Waals surface area contributed by atoms with Gasteiger partial charge in [-0.25, -0.2) is 0 Å². The van der Waals surface area contributed by atoms with Crippen molar-refractivity contribution in [1.29, 1.82) is 0 Å². The molecule has 1 rings (SSSR count). The lowest BCUT2D eigenvalue weighted by molar-refractivity contribution is -0.114. The van der Waals surface area contributed by atoms with Crippen LogP contribution < -0.4 is 10.6 Å². The minimum atomic E-state index is 0.0385. The van der Waals surface area contributed by atoms with Gasteiger partial charge in [0.25, 0.3) is 0 Å². The molecule has 0 aliphatic carbocycles. The standard InChI is InChI=1S/C12H19BN2O/c1-12(2,3)15-10-6-4-9(5-7-10)14-11(16)8-13/h4-7,15H,8,13H2,1-3H3,(H,14,16). The Labute approximate surface area is 98.0 Å². The number of carbonyl (C=O) groups is 1. The van der Waals surface area contributed by atoms with E-state index in [0.717, 1.165) is 11.4 Å². The van der Waals surface area contributed by atoms with Crippen molar-refractivity contribution in [1.82, 2.24) is 0 Å². The average Bonchev–Trinajstić information content (AvgIpc) is 2.18. The smallest absolute Gasteiger partial charge is 0.216 e. The Hall–Kier alpha value is -1.45. The number of rotatable bonds is 3. The second-order valence-electron chi connectivity index (χ2n) is 4.85. The predicted molar refractivity (Wildman–Crippen MR) is 71.8 cm³/mol. The Bertz CT molecular complexity index is 354. The molecule has 86 valence electrons. The maximum absolute atomic E-state index is 11.2. The van der Waals surface area contributed by atoms with Crippen LogP contribution in [0.5, 0.6) is 0 Å². The van der Waals surface area contributed by atoms with Gasteiger partial charge < -0.3 is 10.6 Å². The van der Waals surface area contributed by atoms with E-state index >= 15 is 0 Å². The largest absolute Gasteiger partial charge is 0.380 e. The average molecular weight is 218 g/mol. The van der Waals surface area contributed by atoms with E-state index in [-0.39, 0.29) is 11.4 Å². The Morgan fingerprint density at radius 1 is 1.19 bits per heavy atom. The summed E-state index contributed by atoms with van der Waals surface area (Å²) in [5.74, 6) is 0.0385. The van der Waals surface area contributed by atoms with Crippen LogP contribution in [0.25, 0.3) is 0 Å². The lowest BCUT2D eigenvalue weighted by Gasteiger charge is -2.22. The van der Waals surface area contributed by atoms with Crippen molar-refractivity contribution in [3.63, 3.8) is 0 Å². The van der Waals surface area contributed by atoms with Gasteiger partial charge in [-0.2, -0.15) is 0 Å². The fourth-order valence-electron chi connectivity index (χ4n) is 1.32. The molecule has 0 aromatic heterocycles. The first-order valence-corrected chi connectivity index (χ1v) is 5.59. The first kappa shape index (κ1) is 12.6. The van der Waals surface area contributed by atoms with Gasteiger partial charge in [-0.05, 0) is 51.4 Å². The van der Waals surface area contributed by atoms with Crippen LogP contribution >= 0.6 is 0 Å². The summed E-state index contributed by atoms with van der Waals surface area (Å²) in [5.41, 5.74) is 1.95. The summed E-state index contributed by atoms with van der Waals surface area (Å²) in [5, 5.41) is 6.18. The molecule has 1 amide bonds. The van der Waals surface area contributed by atoms with Crippen LogP contribution in [-0.2, 0) is 4.79 Å². The first-order chi connectivity index (χ1) is 7.40. The van der Waals surface area contributed by atoms with Gasteiger partial charge in [0.1, 0.15) is 7.85 Å². The third-order valence-electron chi connectivity index (χ3n) is 2.01. The zero-order chi connectivity index (χ0) is 12.2. The molecule has 0 spiro atoms. The maximum Gasteiger partial charge on any atom is 0.216 e. The zero-order valence-corrected chi connectivity index (χ0v) is 10.4. The lowest BCUT2D eigenvalue weighted by atomic mass is 10.0. The molecule has 0 saturated heterocycles. The molecule has 2 N–H and O–H groups in total.